The third kappa shape index (κ3) is 4.43. The molecule has 0 aliphatic carbocycles. The maximum absolute atomic E-state index is 12.3. The number of likely N-dealkylation sites (tertiary alicyclic amines) is 1. The number of carbonyl (C=O) groups excluding carboxylic acids is 1. The molecule has 1 atom stereocenters. The van der Waals surface area contributed by atoms with Crippen LogP contribution in [0.1, 0.15) is 40.4 Å². The summed E-state index contributed by atoms with van der Waals surface area (Å²) in [7, 11) is 0. The van der Waals surface area contributed by atoms with Gasteiger partial charge in [-0.3, -0.25) is 9.89 Å². The topological polar surface area (TPSA) is 99.2 Å². The third-order valence-corrected chi connectivity index (χ3v) is 4.57. The number of carboxylic acid groups (broad SMARTS) is 1. The fourth-order valence-corrected chi connectivity index (χ4v) is 3.22. The number of carbonyl (C=O) groups is 2. The number of hydrogen-bond donors (Lipinski definition) is 2. The first-order chi connectivity index (χ1) is 12.0. The molecule has 1 aromatic carbocycles. The molecular formula is C18H22N4O3. The van der Waals surface area contributed by atoms with Crippen LogP contribution >= 0.6 is 0 Å². The van der Waals surface area contributed by atoms with Crippen LogP contribution in [0.15, 0.2) is 24.3 Å². The molecule has 7 heteroatoms. The average molecular weight is 342 g/mol. The molecule has 132 valence electrons. The van der Waals surface area contributed by atoms with E-state index in [0.29, 0.717) is 30.1 Å². The molecule has 25 heavy (non-hydrogen) atoms. The van der Waals surface area contributed by atoms with Gasteiger partial charge in [0.2, 0.25) is 5.91 Å². The molecule has 0 saturated carbocycles. The number of benzene rings is 1. The van der Waals surface area contributed by atoms with E-state index in [2.05, 4.69) is 15.2 Å². The minimum Gasteiger partial charge on any atom is -0.478 e. The van der Waals surface area contributed by atoms with Gasteiger partial charge in [0.15, 0.2) is 5.82 Å². The zero-order valence-electron chi connectivity index (χ0n) is 14.2. The van der Waals surface area contributed by atoms with Crippen molar-refractivity contribution in [3.05, 3.63) is 47.0 Å². The van der Waals surface area contributed by atoms with Crippen molar-refractivity contribution in [2.45, 2.75) is 32.6 Å². The van der Waals surface area contributed by atoms with Gasteiger partial charge >= 0.3 is 5.97 Å². The predicted octanol–water partition coefficient (Wildman–Crippen LogP) is 1.84. The lowest BCUT2D eigenvalue weighted by atomic mass is 9.98. The largest absolute Gasteiger partial charge is 0.478 e. The summed E-state index contributed by atoms with van der Waals surface area (Å²) in [6, 6.07) is 6.99. The van der Waals surface area contributed by atoms with E-state index < -0.39 is 5.97 Å². The molecule has 1 saturated heterocycles. The molecule has 2 heterocycles. The van der Waals surface area contributed by atoms with E-state index in [1.165, 1.54) is 0 Å². The molecule has 1 aliphatic heterocycles. The summed E-state index contributed by atoms with van der Waals surface area (Å²) in [6.07, 6.45) is 2.83. The number of nitrogens with zero attached hydrogens (tertiary/aromatic N) is 3. The molecule has 3 rings (SSSR count). The molecule has 2 aromatic rings. The van der Waals surface area contributed by atoms with Crippen LogP contribution in [0, 0.1) is 12.8 Å². The zero-order chi connectivity index (χ0) is 17.8. The van der Waals surface area contributed by atoms with Gasteiger partial charge in [0.05, 0.1) is 5.56 Å². The van der Waals surface area contributed by atoms with Gasteiger partial charge in [-0.1, -0.05) is 12.1 Å². The summed E-state index contributed by atoms with van der Waals surface area (Å²) in [5, 5.41) is 15.8. The first kappa shape index (κ1) is 17.1. The van der Waals surface area contributed by atoms with Gasteiger partial charge in [-0.15, -0.1) is 0 Å². The number of amides is 1. The smallest absolute Gasteiger partial charge is 0.335 e. The SMILES string of the molecule is Cc1nc(CCC(=O)N2CC[C@H](Cc3ccc(C(=O)O)cc3)C2)n[nH]1. The number of carboxylic acids is 1. The van der Waals surface area contributed by atoms with Crippen LogP contribution in [0.25, 0.3) is 0 Å². The van der Waals surface area contributed by atoms with Crippen LogP contribution in [0.3, 0.4) is 0 Å². The monoisotopic (exact) mass is 342 g/mol. The average Bonchev–Trinajstić information content (AvgIpc) is 3.22. The molecular weight excluding hydrogens is 320 g/mol. The van der Waals surface area contributed by atoms with Crippen molar-refractivity contribution < 1.29 is 14.7 Å². The minimum atomic E-state index is -0.911. The molecule has 0 radical (unpaired) electrons. The highest BCUT2D eigenvalue weighted by atomic mass is 16.4. The highest BCUT2D eigenvalue weighted by Crippen LogP contribution is 2.22. The van der Waals surface area contributed by atoms with Gasteiger partial charge in [0.25, 0.3) is 0 Å². The molecule has 1 amide bonds. The number of nitrogens with one attached hydrogen (secondary N) is 1. The van der Waals surface area contributed by atoms with E-state index in [1.807, 2.05) is 24.0 Å². The molecule has 0 unspecified atom stereocenters. The zero-order valence-corrected chi connectivity index (χ0v) is 14.2. The van der Waals surface area contributed by atoms with E-state index in [4.69, 9.17) is 5.11 Å². The number of H-pyrrole nitrogens is 1. The summed E-state index contributed by atoms with van der Waals surface area (Å²) < 4.78 is 0. The van der Waals surface area contributed by atoms with E-state index >= 15 is 0 Å². The van der Waals surface area contributed by atoms with Crippen LogP contribution < -0.4 is 0 Å². The Hall–Kier alpha value is -2.70. The Morgan fingerprint density at radius 3 is 2.72 bits per heavy atom. The van der Waals surface area contributed by atoms with Gasteiger partial charge in [-0.25, -0.2) is 9.78 Å². The normalized spacial score (nSPS) is 17.0. The summed E-state index contributed by atoms with van der Waals surface area (Å²) in [6.45, 7) is 3.38. The van der Waals surface area contributed by atoms with Gasteiger partial charge in [0, 0.05) is 25.9 Å². The van der Waals surface area contributed by atoms with Crippen LogP contribution in [-0.2, 0) is 17.6 Å². The first-order valence-corrected chi connectivity index (χ1v) is 8.49. The van der Waals surface area contributed by atoms with E-state index in [0.717, 1.165) is 37.3 Å². The molecule has 0 bridgehead atoms. The van der Waals surface area contributed by atoms with Crippen molar-refractivity contribution >= 4 is 11.9 Å². The van der Waals surface area contributed by atoms with Crippen LogP contribution in [0.4, 0.5) is 0 Å². The van der Waals surface area contributed by atoms with Crippen molar-refractivity contribution in [2.75, 3.05) is 13.1 Å². The fraction of sp³-hybridized carbons (Fsp3) is 0.444. The van der Waals surface area contributed by atoms with Crippen LogP contribution in [0.5, 0.6) is 0 Å². The quantitative estimate of drug-likeness (QED) is 0.834. The standard InChI is InChI=1S/C18H22N4O3/c1-12-19-16(21-20-12)6-7-17(23)22-9-8-14(11-22)10-13-2-4-15(5-3-13)18(24)25/h2-5,14H,6-11H2,1H3,(H,24,25)(H,19,20,21)/t14-/m1/s1. The second-order valence-electron chi connectivity index (χ2n) is 6.54. The number of hydrogen-bond acceptors (Lipinski definition) is 4. The second kappa shape index (κ2) is 7.46. The van der Waals surface area contributed by atoms with Gasteiger partial charge in [-0.05, 0) is 43.4 Å². The maximum Gasteiger partial charge on any atom is 0.335 e. The lowest BCUT2D eigenvalue weighted by molar-refractivity contribution is -0.130. The van der Waals surface area contributed by atoms with Crippen molar-refractivity contribution in [1.29, 1.82) is 0 Å². The molecule has 1 aliphatic rings. The Morgan fingerprint density at radius 1 is 1.32 bits per heavy atom. The van der Waals surface area contributed by atoms with Crippen molar-refractivity contribution in [3.8, 4) is 0 Å². The van der Waals surface area contributed by atoms with Crippen molar-refractivity contribution in [1.82, 2.24) is 20.1 Å². The summed E-state index contributed by atoms with van der Waals surface area (Å²) in [5.41, 5.74) is 1.41. The summed E-state index contributed by atoms with van der Waals surface area (Å²) in [5.74, 6) is 1.10. The highest BCUT2D eigenvalue weighted by Gasteiger charge is 2.26. The highest BCUT2D eigenvalue weighted by molar-refractivity contribution is 5.87. The molecule has 0 spiro atoms. The second-order valence-corrected chi connectivity index (χ2v) is 6.54. The number of aryl methyl sites for hydroxylation is 2. The number of rotatable bonds is 6. The molecule has 2 N–H and O–H groups in total. The molecule has 1 aromatic heterocycles. The Bertz CT molecular complexity index is 754. The van der Waals surface area contributed by atoms with E-state index in [9.17, 15) is 9.59 Å². The molecule has 7 nitrogen and oxygen atoms in total. The number of aromatic amines is 1. The van der Waals surface area contributed by atoms with Gasteiger partial charge < -0.3 is 10.0 Å². The minimum absolute atomic E-state index is 0.145. The van der Waals surface area contributed by atoms with E-state index in [-0.39, 0.29) is 5.91 Å². The summed E-state index contributed by atoms with van der Waals surface area (Å²) in [4.78, 5) is 29.4. The Labute approximate surface area is 146 Å². The van der Waals surface area contributed by atoms with Crippen LogP contribution in [-0.4, -0.2) is 50.2 Å². The summed E-state index contributed by atoms with van der Waals surface area (Å²) >= 11 is 0. The van der Waals surface area contributed by atoms with Crippen LogP contribution in [0.2, 0.25) is 0 Å². The van der Waals surface area contributed by atoms with E-state index in [1.54, 1.807) is 12.1 Å². The Kier molecular flexibility index (Phi) is 5.11. The Balaban J connectivity index is 1.47. The van der Waals surface area contributed by atoms with Crippen molar-refractivity contribution in [2.24, 2.45) is 5.92 Å². The lowest BCUT2D eigenvalue weighted by Gasteiger charge is -2.16. The third-order valence-electron chi connectivity index (χ3n) is 4.57. The number of aromatic nitrogens is 3. The molecule has 1 fully saturated rings. The van der Waals surface area contributed by atoms with Gasteiger partial charge in [0.1, 0.15) is 5.82 Å². The first-order valence-electron chi connectivity index (χ1n) is 8.49. The Morgan fingerprint density at radius 2 is 2.08 bits per heavy atom. The van der Waals surface area contributed by atoms with Crippen molar-refractivity contribution in [3.63, 3.8) is 0 Å². The lowest BCUT2D eigenvalue weighted by Crippen LogP contribution is -2.29. The number of aromatic carboxylic acids is 1. The predicted molar refractivity (Wildman–Crippen MR) is 91.2 cm³/mol. The maximum atomic E-state index is 12.3. The van der Waals surface area contributed by atoms with Gasteiger partial charge in [-0.2, -0.15) is 5.10 Å². The fourth-order valence-electron chi connectivity index (χ4n) is 3.22.